The second kappa shape index (κ2) is 5.15. The second-order valence-electron chi connectivity index (χ2n) is 3.71. The Morgan fingerprint density at radius 1 is 1.38 bits per heavy atom. The Kier molecular flexibility index (Phi) is 3.82. The van der Waals surface area contributed by atoms with Gasteiger partial charge in [-0.3, -0.25) is 4.21 Å². The first-order chi connectivity index (χ1) is 7.72. The van der Waals surface area contributed by atoms with E-state index in [9.17, 15) is 8.60 Å². The molecular weight excluding hydrogens is 249 g/mol. The molecule has 1 aromatic rings. The maximum Gasteiger partial charge on any atom is 0.129 e. The lowest BCUT2D eigenvalue weighted by atomic mass is 10.1. The maximum absolute atomic E-state index is 13.5. The van der Waals surface area contributed by atoms with Crippen molar-refractivity contribution in [2.45, 2.75) is 5.88 Å². The molecule has 1 heterocycles. The van der Waals surface area contributed by atoms with Gasteiger partial charge in [-0.2, -0.15) is 0 Å². The van der Waals surface area contributed by atoms with E-state index >= 15 is 0 Å². The Morgan fingerprint density at radius 3 is 2.69 bits per heavy atom. The predicted octanol–water partition coefficient (Wildman–Crippen LogP) is 2.13. The monoisotopic (exact) mass is 261 g/mol. The third-order valence-electron chi connectivity index (χ3n) is 2.75. The molecule has 1 aromatic carbocycles. The van der Waals surface area contributed by atoms with Crippen LogP contribution in [0.1, 0.15) is 5.56 Å². The molecule has 2 rings (SSSR count). The van der Waals surface area contributed by atoms with Crippen LogP contribution in [0.15, 0.2) is 18.2 Å². The summed E-state index contributed by atoms with van der Waals surface area (Å²) in [6.45, 7) is 1.42. The molecule has 88 valence electrons. The minimum absolute atomic E-state index is 0.168. The predicted molar refractivity (Wildman–Crippen MR) is 66.0 cm³/mol. The molecule has 16 heavy (non-hydrogen) atoms. The van der Waals surface area contributed by atoms with Gasteiger partial charge >= 0.3 is 0 Å². The Hall–Kier alpha value is -0.610. The van der Waals surface area contributed by atoms with Gasteiger partial charge in [-0.05, 0) is 12.1 Å². The van der Waals surface area contributed by atoms with E-state index in [2.05, 4.69) is 4.90 Å². The highest BCUT2D eigenvalue weighted by molar-refractivity contribution is 7.85. The van der Waals surface area contributed by atoms with E-state index < -0.39 is 10.8 Å². The van der Waals surface area contributed by atoms with E-state index in [0.29, 0.717) is 30.2 Å². The third kappa shape index (κ3) is 2.38. The van der Waals surface area contributed by atoms with Crippen LogP contribution in [-0.2, 0) is 16.7 Å². The molecule has 0 aromatic heterocycles. The molecule has 0 spiro atoms. The fourth-order valence-corrected chi connectivity index (χ4v) is 3.17. The summed E-state index contributed by atoms with van der Waals surface area (Å²) in [4.78, 5) is 2.06. The number of hydrogen-bond donors (Lipinski definition) is 0. The van der Waals surface area contributed by atoms with Crippen LogP contribution in [0.4, 0.5) is 10.1 Å². The standard InChI is InChI=1S/C11H13ClFNOS/c12-8-9-10(13)2-1-3-11(9)14-4-6-16(15)7-5-14/h1-3H,4-8H2. The van der Waals surface area contributed by atoms with Crippen molar-refractivity contribution in [1.82, 2.24) is 0 Å². The molecule has 0 radical (unpaired) electrons. The number of hydrogen-bond acceptors (Lipinski definition) is 2. The Morgan fingerprint density at radius 2 is 2.06 bits per heavy atom. The van der Waals surface area contributed by atoms with Crippen LogP contribution < -0.4 is 4.90 Å². The second-order valence-corrected chi connectivity index (χ2v) is 5.67. The zero-order valence-electron chi connectivity index (χ0n) is 8.79. The van der Waals surface area contributed by atoms with Crippen molar-refractivity contribution in [3.8, 4) is 0 Å². The largest absolute Gasteiger partial charge is 0.369 e. The zero-order valence-corrected chi connectivity index (χ0v) is 10.4. The summed E-state index contributed by atoms with van der Waals surface area (Å²) in [6.07, 6.45) is 0. The Bertz CT molecular complexity index is 403. The van der Waals surface area contributed by atoms with Gasteiger partial charge in [0.25, 0.3) is 0 Å². The zero-order chi connectivity index (χ0) is 11.5. The first-order valence-corrected chi connectivity index (χ1v) is 7.18. The lowest BCUT2D eigenvalue weighted by Gasteiger charge is -2.30. The number of halogens is 2. The molecule has 0 N–H and O–H groups in total. The van der Waals surface area contributed by atoms with Crippen molar-refractivity contribution < 1.29 is 8.60 Å². The van der Waals surface area contributed by atoms with E-state index in [1.54, 1.807) is 6.07 Å². The smallest absolute Gasteiger partial charge is 0.129 e. The summed E-state index contributed by atoms with van der Waals surface area (Å²) in [6, 6.07) is 4.98. The highest BCUT2D eigenvalue weighted by Gasteiger charge is 2.19. The highest BCUT2D eigenvalue weighted by Crippen LogP contribution is 2.25. The molecule has 1 saturated heterocycles. The van der Waals surface area contributed by atoms with Crippen LogP contribution in [0.2, 0.25) is 0 Å². The van der Waals surface area contributed by atoms with Crippen LogP contribution >= 0.6 is 11.6 Å². The summed E-state index contributed by atoms with van der Waals surface area (Å²) in [5, 5.41) is 0. The Balaban J connectivity index is 2.26. The Labute approximate surface area is 102 Å². The lowest BCUT2D eigenvalue weighted by molar-refractivity contribution is 0.615. The number of nitrogens with zero attached hydrogens (tertiary/aromatic N) is 1. The van der Waals surface area contributed by atoms with Crippen molar-refractivity contribution in [2.75, 3.05) is 29.5 Å². The third-order valence-corrected chi connectivity index (χ3v) is 4.29. The van der Waals surface area contributed by atoms with Gasteiger partial charge < -0.3 is 4.90 Å². The fraction of sp³-hybridized carbons (Fsp3) is 0.455. The number of rotatable bonds is 2. The van der Waals surface area contributed by atoms with E-state index in [-0.39, 0.29) is 11.7 Å². The molecule has 1 aliphatic heterocycles. The summed E-state index contributed by atoms with van der Waals surface area (Å²) < 4.78 is 24.8. The molecule has 5 heteroatoms. The van der Waals surface area contributed by atoms with Crippen molar-refractivity contribution in [1.29, 1.82) is 0 Å². The highest BCUT2D eigenvalue weighted by atomic mass is 35.5. The van der Waals surface area contributed by atoms with Gasteiger partial charge in [-0.25, -0.2) is 4.39 Å². The molecule has 0 unspecified atom stereocenters. The van der Waals surface area contributed by atoms with Gasteiger partial charge in [0.1, 0.15) is 5.82 Å². The molecule has 0 aliphatic carbocycles. The van der Waals surface area contributed by atoms with Crippen LogP contribution in [-0.4, -0.2) is 28.8 Å². The van der Waals surface area contributed by atoms with E-state index in [4.69, 9.17) is 11.6 Å². The lowest BCUT2D eigenvalue weighted by Crippen LogP contribution is -2.38. The topological polar surface area (TPSA) is 20.3 Å². The number of alkyl halides is 1. The molecule has 1 aliphatic rings. The van der Waals surface area contributed by atoms with Crippen molar-refractivity contribution in [3.05, 3.63) is 29.6 Å². The van der Waals surface area contributed by atoms with Gasteiger partial charge in [0.2, 0.25) is 0 Å². The maximum atomic E-state index is 13.5. The van der Waals surface area contributed by atoms with Crippen molar-refractivity contribution in [2.24, 2.45) is 0 Å². The van der Waals surface area contributed by atoms with Crippen LogP contribution in [0, 0.1) is 5.82 Å². The van der Waals surface area contributed by atoms with Gasteiger partial charge in [0.15, 0.2) is 0 Å². The molecule has 1 fully saturated rings. The van der Waals surface area contributed by atoms with E-state index in [1.165, 1.54) is 6.07 Å². The van der Waals surface area contributed by atoms with Crippen molar-refractivity contribution in [3.63, 3.8) is 0 Å². The minimum Gasteiger partial charge on any atom is -0.369 e. The average Bonchev–Trinajstić information content (AvgIpc) is 2.30. The van der Waals surface area contributed by atoms with Gasteiger partial charge in [-0.15, -0.1) is 11.6 Å². The van der Waals surface area contributed by atoms with Gasteiger partial charge in [0, 0.05) is 46.6 Å². The molecule has 2 nitrogen and oxygen atoms in total. The molecule has 0 atom stereocenters. The van der Waals surface area contributed by atoms with Gasteiger partial charge in [-0.1, -0.05) is 6.07 Å². The van der Waals surface area contributed by atoms with Crippen molar-refractivity contribution >= 4 is 28.1 Å². The SMILES string of the molecule is O=S1CCN(c2cccc(F)c2CCl)CC1. The first-order valence-electron chi connectivity index (χ1n) is 5.15. The molecule has 0 saturated carbocycles. The average molecular weight is 262 g/mol. The van der Waals surface area contributed by atoms with E-state index in [1.807, 2.05) is 6.07 Å². The fourth-order valence-electron chi connectivity index (χ4n) is 1.85. The first kappa shape index (κ1) is 11.9. The quantitative estimate of drug-likeness (QED) is 0.761. The molecule has 0 bridgehead atoms. The van der Waals surface area contributed by atoms with Crippen LogP contribution in [0.3, 0.4) is 0 Å². The summed E-state index contributed by atoms with van der Waals surface area (Å²) in [5.74, 6) is 1.21. The molecular formula is C11H13ClFNOS. The van der Waals surface area contributed by atoms with Crippen LogP contribution in [0.5, 0.6) is 0 Å². The summed E-state index contributed by atoms with van der Waals surface area (Å²) in [7, 11) is -0.717. The van der Waals surface area contributed by atoms with Crippen LogP contribution in [0.25, 0.3) is 0 Å². The number of benzene rings is 1. The van der Waals surface area contributed by atoms with Gasteiger partial charge in [0.05, 0.1) is 5.88 Å². The number of anilines is 1. The minimum atomic E-state index is -0.717. The normalized spacial score (nSPS) is 17.8. The molecule has 0 amide bonds. The summed E-state index contributed by atoms with van der Waals surface area (Å²) >= 11 is 5.76. The summed E-state index contributed by atoms with van der Waals surface area (Å²) in [5.41, 5.74) is 1.38. The van der Waals surface area contributed by atoms with E-state index in [0.717, 1.165) is 5.69 Å².